The molecule has 4 nitrogen and oxygen atoms in total. The number of hydrogen-bond acceptors (Lipinski definition) is 2. The number of hydrogen-bond donors (Lipinski definition) is 1. The summed E-state index contributed by atoms with van der Waals surface area (Å²) in [7, 11) is 0. The molecule has 5 heteroatoms. The van der Waals surface area contributed by atoms with Crippen LogP contribution in [0.5, 0.6) is 0 Å². The third-order valence-corrected chi connectivity index (χ3v) is 3.33. The third-order valence-electron chi connectivity index (χ3n) is 2.95. The molecule has 1 heterocycles. The monoisotopic (exact) mass is 244 g/mol. The van der Waals surface area contributed by atoms with Crippen molar-refractivity contribution in [2.75, 3.05) is 0 Å². The molecule has 0 spiro atoms. The van der Waals surface area contributed by atoms with Crippen molar-refractivity contribution in [3.8, 4) is 0 Å². The van der Waals surface area contributed by atoms with Crippen molar-refractivity contribution < 1.29 is 0 Å². The van der Waals surface area contributed by atoms with Gasteiger partial charge < -0.3 is 0 Å². The predicted molar refractivity (Wildman–Crippen MR) is 65.1 cm³/mol. The molecule has 0 unspecified atom stereocenters. The van der Waals surface area contributed by atoms with Crippen molar-refractivity contribution >= 4 is 11.6 Å². The Kier molecular flexibility index (Phi) is 4.35. The zero-order valence-electron chi connectivity index (χ0n) is 9.84. The van der Waals surface area contributed by atoms with Crippen molar-refractivity contribution in [1.29, 1.82) is 0 Å². The SMILES string of the molecule is CCC(CC)Cn1c(=O)[nH]c(Cl)c(C)c1=O. The van der Waals surface area contributed by atoms with Gasteiger partial charge in [-0.15, -0.1) is 0 Å². The van der Waals surface area contributed by atoms with Crippen LogP contribution in [0.3, 0.4) is 0 Å². The average Bonchev–Trinajstić information content (AvgIpc) is 2.27. The highest BCUT2D eigenvalue weighted by atomic mass is 35.5. The van der Waals surface area contributed by atoms with Gasteiger partial charge in [-0.25, -0.2) is 4.79 Å². The molecule has 1 N–H and O–H groups in total. The zero-order valence-corrected chi connectivity index (χ0v) is 10.6. The molecule has 0 saturated carbocycles. The van der Waals surface area contributed by atoms with E-state index in [1.807, 2.05) is 0 Å². The van der Waals surface area contributed by atoms with Gasteiger partial charge in [-0.3, -0.25) is 14.3 Å². The topological polar surface area (TPSA) is 54.9 Å². The molecular weight excluding hydrogens is 228 g/mol. The van der Waals surface area contributed by atoms with Crippen LogP contribution in [0.1, 0.15) is 32.3 Å². The minimum atomic E-state index is -0.424. The van der Waals surface area contributed by atoms with E-state index in [1.54, 1.807) is 6.92 Å². The number of rotatable bonds is 4. The summed E-state index contributed by atoms with van der Waals surface area (Å²) in [5.41, 5.74) is -0.319. The van der Waals surface area contributed by atoms with E-state index in [2.05, 4.69) is 18.8 Å². The molecule has 0 aliphatic rings. The van der Waals surface area contributed by atoms with E-state index < -0.39 is 5.69 Å². The van der Waals surface area contributed by atoms with Crippen LogP contribution in [0.4, 0.5) is 0 Å². The summed E-state index contributed by atoms with van der Waals surface area (Å²) in [6.07, 6.45) is 1.90. The normalized spacial score (nSPS) is 11.1. The van der Waals surface area contributed by atoms with Crippen LogP contribution in [0.25, 0.3) is 0 Å². The fourth-order valence-corrected chi connectivity index (χ4v) is 1.78. The van der Waals surface area contributed by atoms with Crippen molar-refractivity contribution in [3.63, 3.8) is 0 Å². The number of nitrogens with zero attached hydrogens (tertiary/aromatic N) is 1. The molecule has 0 radical (unpaired) electrons. The zero-order chi connectivity index (χ0) is 12.3. The molecule has 0 aromatic carbocycles. The Morgan fingerprint density at radius 2 is 1.88 bits per heavy atom. The first kappa shape index (κ1) is 13.0. The van der Waals surface area contributed by atoms with Gasteiger partial charge in [0, 0.05) is 12.1 Å². The molecule has 0 aliphatic carbocycles. The third kappa shape index (κ3) is 2.55. The van der Waals surface area contributed by atoms with Crippen LogP contribution in [0, 0.1) is 12.8 Å². The molecule has 90 valence electrons. The second-order valence-corrected chi connectivity index (χ2v) is 4.35. The number of aromatic amines is 1. The van der Waals surface area contributed by atoms with Gasteiger partial charge in [0.2, 0.25) is 0 Å². The highest BCUT2D eigenvalue weighted by Crippen LogP contribution is 2.09. The van der Waals surface area contributed by atoms with Crippen LogP contribution < -0.4 is 11.2 Å². The Hall–Kier alpha value is -1.03. The smallest absolute Gasteiger partial charge is 0.297 e. The van der Waals surface area contributed by atoms with E-state index in [1.165, 1.54) is 4.57 Å². The fourth-order valence-electron chi connectivity index (χ4n) is 1.61. The van der Waals surface area contributed by atoms with E-state index in [4.69, 9.17) is 11.6 Å². The Labute approximate surface area is 99.3 Å². The number of aromatic nitrogens is 2. The lowest BCUT2D eigenvalue weighted by Crippen LogP contribution is -2.38. The first-order chi connectivity index (χ1) is 7.51. The van der Waals surface area contributed by atoms with Crippen molar-refractivity contribution in [2.45, 2.75) is 40.2 Å². The van der Waals surface area contributed by atoms with Crippen molar-refractivity contribution in [1.82, 2.24) is 9.55 Å². The van der Waals surface area contributed by atoms with Crippen LogP contribution in [0.15, 0.2) is 9.59 Å². The number of nitrogens with one attached hydrogen (secondary N) is 1. The summed E-state index contributed by atoms with van der Waals surface area (Å²) >= 11 is 5.73. The van der Waals surface area contributed by atoms with Gasteiger partial charge in [0.05, 0.1) is 0 Å². The van der Waals surface area contributed by atoms with E-state index in [0.717, 1.165) is 12.8 Å². The molecule has 0 bridgehead atoms. The largest absolute Gasteiger partial charge is 0.329 e. The highest BCUT2D eigenvalue weighted by molar-refractivity contribution is 6.30. The Morgan fingerprint density at radius 1 is 1.31 bits per heavy atom. The lowest BCUT2D eigenvalue weighted by Gasteiger charge is -2.13. The Morgan fingerprint density at radius 3 is 2.38 bits per heavy atom. The lowest BCUT2D eigenvalue weighted by molar-refractivity contribution is 0.401. The van der Waals surface area contributed by atoms with Crippen LogP contribution in [0.2, 0.25) is 5.15 Å². The summed E-state index contributed by atoms with van der Waals surface area (Å²) in [5, 5.41) is 0.135. The molecule has 1 aromatic heterocycles. The molecule has 0 saturated heterocycles. The summed E-state index contributed by atoms with van der Waals surface area (Å²) in [6, 6.07) is 0. The van der Waals surface area contributed by atoms with Gasteiger partial charge in [0.1, 0.15) is 5.15 Å². The first-order valence-corrected chi connectivity index (χ1v) is 5.88. The summed E-state index contributed by atoms with van der Waals surface area (Å²) in [4.78, 5) is 25.9. The van der Waals surface area contributed by atoms with E-state index in [-0.39, 0.29) is 10.7 Å². The average molecular weight is 245 g/mol. The van der Waals surface area contributed by atoms with Gasteiger partial charge in [-0.2, -0.15) is 0 Å². The highest BCUT2D eigenvalue weighted by Gasteiger charge is 2.12. The van der Waals surface area contributed by atoms with E-state index in [9.17, 15) is 9.59 Å². The maximum Gasteiger partial charge on any atom is 0.329 e. The van der Waals surface area contributed by atoms with Gasteiger partial charge >= 0.3 is 5.69 Å². The lowest BCUT2D eigenvalue weighted by atomic mass is 10.0. The molecule has 1 aromatic rings. The van der Waals surface area contributed by atoms with Gasteiger partial charge in [0.25, 0.3) is 5.56 Å². The Balaban J connectivity index is 3.20. The number of halogens is 1. The van der Waals surface area contributed by atoms with Crippen molar-refractivity contribution in [2.24, 2.45) is 5.92 Å². The van der Waals surface area contributed by atoms with Gasteiger partial charge in [-0.1, -0.05) is 38.3 Å². The maximum atomic E-state index is 11.8. The molecule has 0 aliphatic heterocycles. The van der Waals surface area contributed by atoms with Gasteiger partial charge in [0.15, 0.2) is 0 Å². The molecule has 0 fully saturated rings. The van der Waals surface area contributed by atoms with Crippen molar-refractivity contribution in [3.05, 3.63) is 31.6 Å². The molecule has 16 heavy (non-hydrogen) atoms. The van der Waals surface area contributed by atoms with Crippen LogP contribution in [-0.2, 0) is 6.54 Å². The van der Waals surface area contributed by atoms with Crippen LogP contribution >= 0.6 is 11.6 Å². The summed E-state index contributed by atoms with van der Waals surface area (Å²) in [6.45, 7) is 6.18. The van der Waals surface area contributed by atoms with E-state index in [0.29, 0.717) is 18.0 Å². The molecule has 0 atom stereocenters. The predicted octanol–water partition coefficient (Wildman–Crippen LogP) is 1.93. The van der Waals surface area contributed by atoms with Crippen LogP contribution in [-0.4, -0.2) is 9.55 Å². The fraction of sp³-hybridized carbons (Fsp3) is 0.636. The molecule has 0 amide bonds. The Bertz CT molecular complexity index is 472. The summed E-state index contributed by atoms with van der Waals surface area (Å²) in [5.74, 6) is 0.347. The minimum Gasteiger partial charge on any atom is -0.297 e. The van der Waals surface area contributed by atoms with E-state index >= 15 is 0 Å². The summed E-state index contributed by atoms with van der Waals surface area (Å²) < 4.78 is 1.23. The second-order valence-electron chi connectivity index (χ2n) is 3.97. The number of H-pyrrole nitrogens is 1. The first-order valence-electron chi connectivity index (χ1n) is 5.50. The quantitative estimate of drug-likeness (QED) is 0.823. The second kappa shape index (κ2) is 5.34. The molecular formula is C11H17ClN2O2. The minimum absolute atomic E-state index is 0.135. The van der Waals surface area contributed by atoms with Gasteiger partial charge in [-0.05, 0) is 12.8 Å². The molecule has 1 rings (SSSR count). The maximum absolute atomic E-state index is 11.8. The standard InChI is InChI=1S/C11H17ClN2O2/c1-4-8(5-2)6-14-10(15)7(3)9(12)13-11(14)16/h8H,4-6H2,1-3H3,(H,13,16).